The number of nitrogens with two attached hydrogens (primary N) is 1. The quantitative estimate of drug-likeness (QED) is 0.834. The number of nitrogen functional groups attached to an aromatic ring is 1. The summed E-state index contributed by atoms with van der Waals surface area (Å²) in [5.74, 6) is 0.509. The van der Waals surface area contributed by atoms with Crippen molar-refractivity contribution >= 4 is 31.6 Å². The van der Waals surface area contributed by atoms with Crippen LogP contribution in [0.1, 0.15) is 18.4 Å². The number of rotatable bonds is 4. The second-order valence-electron chi connectivity index (χ2n) is 4.41. The van der Waals surface area contributed by atoms with Gasteiger partial charge in [0.1, 0.15) is 0 Å². The van der Waals surface area contributed by atoms with E-state index in [1.54, 1.807) is 19.1 Å². The van der Waals surface area contributed by atoms with E-state index in [-0.39, 0.29) is 4.90 Å². The fraction of sp³-hybridized carbons (Fsp3) is 0.455. The molecule has 0 heterocycles. The van der Waals surface area contributed by atoms with Crippen LogP contribution in [-0.2, 0) is 10.0 Å². The van der Waals surface area contributed by atoms with E-state index in [0.717, 1.165) is 12.8 Å². The first-order valence-electron chi connectivity index (χ1n) is 5.45. The second-order valence-corrected chi connectivity index (χ2v) is 7.06. The zero-order valence-electron chi connectivity index (χ0n) is 9.53. The molecule has 1 aromatic rings. The molecule has 0 atom stereocenters. The Morgan fingerprint density at radius 3 is 2.71 bits per heavy atom. The molecule has 0 aliphatic heterocycles. The van der Waals surface area contributed by atoms with E-state index in [4.69, 9.17) is 5.73 Å². The molecule has 1 aliphatic carbocycles. The predicted octanol–water partition coefficient (Wildman–Crippen LogP) is 2.03. The topological polar surface area (TPSA) is 72.2 Å². The summed E-state index contributed by atoms with van der Waals surface area (Å²) in [6.45, 7) is 2.24. The summed E-state index contributed by atoms with van der Waals surface area (Å²) in [6.07, 6.45) is 2.23. The van der Waals surface area contributed by atoms with Gasteiger partial charge in [0, 0.05) is 16.7 Å². The van der Waals surface area contributed by atoms with Crippen LogP contribution in [0.3, 0.4) is 0 Å². The lowest BCUT2D eigenvalue weighted by atomic mass is 10.2. The lowest BCUT2D eigenvalue weighted by Gasteiger charge is -2.11. The lowest BCUT2D eigenvalue weighted by molar-refractivity contribution is 0.577. The molecule has 0 spiro atoms. The molecular weight excluding hydrogens is 304 g/mol. The highest BCUT2D eigenvalue weighted by Crippen LogP contribution is 2.29. The van der Waals surface area contributed by atoms with Crippen molar-refractivity contribution in [1.82, 2.24) is 4.72 Å². The zero-order chi connectivity index (χ0) is 12.6. The molecular formula is C11H15BrN2O2S. The summed E-state index contributed by atoms with van der Waals surface area (Å²) in [5.41, 5.74) is 6.84. The van der Waals surface area contributed by atoms with Crippen LogP contribution in [0.2, 0.25) is 0 Å². The highest BCUT2D eigenvalue weighted by atomic mass is 79.9. The van der Waals surface area contributed by atoms with Crippen LogP contribution in [0.15, 0.2) is 21.5 Å². The molecule has 3 N–H and O–H groups in total. The minimum Gasteiger partial charge on any atom is -0.398 e. The molecule has 0 amide bonds. The van der Waals surface area contributed by atoms with E-state index < -0.39 is 10.0 Å². The number of hydrogen-bond acceptors (Lipinski definition) is 3. The number of halogens is 1. The van der Waals surface area contributed by atoms with Crippen LogP contribution in [0.4, 0.5) is 5.69 Å². The Hall–Kier alpha value is -0.590. The first-order valence-corrected chi connectivity index (χ1v) is 7.73. The molecule has 0 unspecified atom stereocenters. The molecule has 6 heteroatoms. The van der Waals surface area contributed by atoms with Crippen molar-refractivity contribution < 1.29 is 8.42 Å². The molecule has 17 heavy (non-hydrogen) atoms. The molecule has 1 aliphatic rings. The summed E-state index contributed by atoms with van der Waals surface area (Å²) >= 11 is 3.26. The standard InChI is InChI=1S/C11H15BrN2O2S/c1-7-10(13)4-9(12)5-11(7)17(15,16)14-6-8-2-3-8/h4-5,8,14H,2-3,6,13H2,1H3. The molecule has 0 bridgehead atoms. The van der Waals surface area contributed by atoms with Gasteiger partial charge in [0.25, 0.3) is 0 Å². The average Bonchev–Trinajstić information content (AvgIpc) is 3.04. The Bertz CT molecular complexity index is 539. The molecule has 1 saturated carbocycles. The summed E-state index contributed by atoms with van der Waals surface area (Å²) in [7, 11) is -3.45. The molecule has 0 aromatic heterocycles. The Kier molecular flexibility index (Phi) is 3.47. The molecule has 0 radical (unpaired) electrons. The van der Waals surface area contributed by atoms with Crippen molar-refractivity contribution in [3.8, 4) is 0 Å². The third-order valence-electron chi connectivity index (χ3n) is 2.91. The summed E-state index contributed by atoms with van der Waals surface area (Å²) in [5, 5.41) is 0. The minimum atomic E-state index is -3.45. The Balaban J connectivity index is 2.30. The predicted molar refractivity (Wildman–Crippen MR) is 71.2 cm³/mol. The first-order chi connectivity index (χ1) is 7.90. The van der Waals surface area contributed by atoms with Gasteiger partial charge >= 0.3 is 0 Å². The van der Waals surface area contributed by atoms with Crippen molar-refractivity contribution in [2.75, 3.05) is 12.3 Å². The SMILES string of the molecule is Cc1c(N)cc(Br)cc1S(=O)(=O)NCC1CC1. The fourth-order valence-electron chi connectivity index (χ4n) is 1.58. The van der Waals surface area contributed by atoms with Gasteiger partial charge in [-0.2, -0.15) is 0 Å². The molecule has 94 valence electrons. The number of hydrogen-bond donors (Lipinski definition) is 2. The summed E-state index contributed by atoms with van der Waals surface area (Å²) in [6, 6.07) is 3.29. The van der Waals surface area contributed by atoms with Gasteiger partial charge in [0.05, 0.1) is 4.90 Å². The highest BCUT2D eigenvalue weighted by molar-refractivity contribution is 9.10. The lowest BCUT2D eigenvalue weighted by Crippen LogP contribution is -2.26. The number of sulfonamides is 1. The van der Waals surface area contributed by atoms with Crippen LogP contribution in [0.25, 0.3) is 0 Å². The maximum atomic E-state index is 12.1. The van der Waals surface area contributed by atoms with Gasteiger partial charge in [-0.05, 0) is 43.4 Å². The molecule has 1 aromatic carbocycles. The van der Waals surface area contributed by atoms with Crippen molar-refractivity contribution in [3.63, 3.8) is 0 Å². The fourth-order valence-corrected chi connectivity index (χ4v) is 3.62. The Labute approximate surface area is 110 Å². The largest absolute Gasteiger partial charge is 0.398 e. The molecule has 1 fully saturated rings. The number of nitrogens with one attached hydrogen (secondary N) is 1. The summed E-state index contributed by atoms with van der Waals surface area (Å²) < 4.78 is 27.5. The number of benzene rings is 1. The highest BCUT2D eigenvalue weighted by Gasteiger charge is 2.25. The maximum absolute atomic E-state index is 12.1. The van der Waals surface area contributed by atoms with Gasteiger partial charge < -0.3 is 5.73 Å². The molecule has 0 saturated heterocycles. The van der Waals surface area contributed by atoms with Gasteiger partial charge in [-0.25, -0.2) is 13.1 Å². The van der Waals surface area contributed by atoms with Gasteiger partial charge in [-0.15, -0.1) is 0 Å². The monoisotopic (exact) mass is 318 g/mol. The van der Waals surface area contributed by atoms with Gasteiger partial charge in [-0.1, -0.05) is 15.9 Å². The average molecular weight is 319 g/mol. The van der Waals surface area contributed by atoms with Gasteiger partial charge in [-0.3, -0.25) is 0 Å². The van der Waals surface area contributed by atoms with E-state index in [9.17, 15) is 8.42 Å². The molecule has 2 rings (SSSR count). The van der Waals surface area contributed by atoms with Crippen LogP contribution in [0.5, 0.6) is 0 Å². The molecule has 4 nitrogen and oxygen atoms in total. The van der Waals surface area contributed by atoms with E-state index in [2.05, 4.69) is 20.7 Å². The van der Waals surface area contributed by atoms with E-state index in [1.807, 2.05) is 0 Å². The van der Waals surface area contributed by atoms with Crippen LogP contribution in [-0.4, -0.2) is 15.0 Å². The van der Waals surface area contributed by atoms with Crippen LogP contribution < -0.4 is 10.5 Å². The maximum Gasteiger partial charge on any atom is 0.240 e. The summed E-state index contributed by atoms with van der Waals surface area (Å²) in [4.78, 5) is 0.255. The number of anilines is 1. The second kappa shape index (κ2) is 4.59. The van der Waals surface area contributed by atoms with E-state index in [1.165, 1.54) is 0 Å². The van der Waals surface area contributed by atoms with Crippen molar-refractivity contribution in [2.24, 2.45) is 5.92 Å². The smallest absolute Gasteiger partial charge is 0.240 e. The minimum absolute atomic E-state index is 0.255. The van der Waals surface area contributed by atoms with Crippen LogP contribution in [0, 0.1) is 12.8 Å². The van der Waals surface area contributed by atoms with E-state index in [0.29, 0.717) is 28.2 Å². The van der Waals surface area contributed by atoms with Crippen LogP contribution >= 0.6 is 15.9 Å². The van der Waals surface area contributed by atoms with Gasteiger partial charge in [0.15, 0.2) is 0 Å². The van der Waals surface area contributed by atoms with E-state index >= 15 is 0 Å². The van der Waals surface area contributed by atoms with Gasteiger partial charge in [0.2, 0.25) is 10.0 Å². The van der Waals surface area contributed by atoms with Crippen molar-refractivity contribution in [1.29, 1.82) is 0 Å². The first kappa shape index (κ1) is 12.9. The Morgan fingerprint density at radius 2 is 2.12 bits per heavy atom. The van der Waals surface area contributed by atoms with Crippen molar-refractivity contribution in [2.45, 2.75) is 24.7 Å². The zero-order valence-corrected chi connectivity index (χ0v) is 11.9. The third-order valence-corrected chi connectivity index (χ3v) is 4.92. The normalized spacial score (nSPS) is 16.1. The Morgan fingerprint density at radius 1 is 1.47 bits per heavy atom. The third kappa shape index (κ3) is 3.00. The van der Waals surface area contributed by atoms with Crippen molar-refractivity contribution in [3.05, 3.63) is 22.2 Å².